The zero-order chi connectivity index (χ0) is 18.4. The molecule has 0 spiro atoms. The number of halogens is 2. The van der Waals surface area contributed by atoms with Gasteiger partial charge in [0.1, 0.15) is 5.75 Å². The molecule has 0 saturated heterocycles. The highest BCUT2D eigenvalue weighted by molar-refractivity contribution is 7.88. The summed E-state index contributed by atoms with van der Waals surface area (Å²) in [4.78, 5) is 12.0. The van der Waals surface area contributed by atoms with E-state index in [1.54, 1.807) is 24.3 Å². The first-order chi connectivity index (χ1) is 11.7. The molecule has 2 rings (SSSR count). The van der Waals surface area contributed by atoms with Gasteiger partial charge in [-0.1, -0.05) is 24.3 Å². The predicted molar refractivity (Wildman–Crippen MR) is 88.7 cm³/mol. The van der Waals surface area contributed by atoms with Crippen molar-refractivity contribution in [1.29, 1.82) is 0 Å². The third-order valence-corrected chi connectivity index (χ3v) is 3.85. The minimum absolute atomic E-state index is 0.0182. The van der Waals surface area contributed by atoms with Gasteiger partial charge >= 0.3 is 6.61 Å². The van der Waals surface area contributed by atoms with Gasteiger partial charge in [-0.15, -0.1) is 0 Å². The van der Waals surface area contributed by atoms with E-state index in [4.69, 9.17) is 5.14 Å². The molecule has 0 fully saturated rings. The highest BCUT2D eigenvalue weighted by atomic mass is 32.2. The maximum Gasteiger partial charge on any atom is 0.387 e. The molecule has 0 aliphatic carbocycles. The number of hydrogen-bond donors (Lipinski definition) is 2. The molecule has 0 heterocycles. The zero-order valence-corrected chi connectivity index (χ0v) is 13.8. The van der Waals surface area contributed by atoms with Gasteiger partial charge in [-0.25, -0.2) is 13.6 Å². The number of rotatable bonds is 7. The number of nitrogens with one attached hydrogen (secondary N) is 1. The summed E-state index contributed by atoms with van der Waals surface area (Å²) < 4.78 is 50.4. The van der Waals surface area contributed by atoms with E-state index in [1.165, 1.54) is 24.3 Å². The SMILES string of the molecule is NS(=O)(=O)Cc1ccc(NC(=O)Cc2ccc(OC(F)F)cc2)cc1. The van der Waals surface area contributed by atoms with E-state index in [0.717, 1.165) is 0 Å². The number of benzene rings is 2. The molecule has 3 N–H and O–H groups in total. The molecule has 0 aliphatic rings. The van der Waals surface area contributed by atoms with Crippen LogP contribution in [-0.2, 0) is 27.0 Å². The van der Waals surface area contributed by atoms with E-state index in [2.05, 4.69) is 10.1 Å². The molecular formula is C16H16F2N2O4S. The van der Waals surface area contributed by atoms with Crippen molar-refractivity contribution in [3.05, 3.63) is 59.7 Å². The topological polar surface area (TPSA) is 98.5 Å². The molecule has 134 valence electrons. The summed E-state index contributed by atoms with van der Waals surface area (Å²) in [6, 6.07) is 12.0. The average Bonchev–Trinajstić information content (AvgIpc) is 2.49. The van der Waals surface area contributed by atoms with E-state index in [1.807, 2.05) is 0 Å². The number of sulfonamides is 1. The highest BCUT2D eigenvalue weighted by Gasteiger charge is 2.08. The number of carbonyl (C=O) groups excluding carboxylic acids is 1. The van der Waals surface area contributed by atoms with Gasteiger partial charge < -0.3 is 10.1 Å². The fourth-order valence-electron chi connectivity index (χ4n) is 2.10. The highest BCUT2D eigenvalue weighted by Crippen LogP contribution is 2.16. The minimum Gasteiger partial charge on any atom is -0.435 e. The maximum absolute atomic E-state index is 12.1. The zero-order valence-electron chi connectivity index (χ0n) is 13.0. The monoisotopic (exact) mass is 370 g/mol. The number of carbonyl (C=O) groups is 1. The lowest BCUT2D eigenvalue weighted by Gasteiger charge is -2.08. The van der Waals surface area contributed by atoms with Crippen molar-refractivity contribution in [3.8, 4) is 5.75 Å². The number of amides is 1. The van der Waals surface area contributed by atoms with Gasteiger partial charge in [-0.3, -0.25) is 4.79 Å². The van der Waals surface area contributed by atoms with E-state index in [9.17, 15) is 22.0 Å². The summed E-state index contributed by atoms with van der Waals surface area (Å²) in [6.45, 7) is -2.90. The lowest BCUT2D eigenvalue weighted by Crippen LogP contribution is -2.15. The van der Waals surface area contributed by atoms with Crippen LogP contribution in [0.4, 0.5) is 14.5 Å². The first-order valence-electron chi connectivity index (χ1n) is 7.14. The Morgan fingerprint density at radius 2 is 1.60 bits per heavy atom. The van der Waals surface area contributed by atoms with E-state index >= 15 is 0 Å². The second-order valence-electron chi connectivity index (χ2n) is 5.25. The van der Waals surface area contributed by atoms with Crippen LogP contribution in [-0.4, -0.2) is 20.9 Å². The van der Waals surface area contributed by atoms with E-state index in [-0.39, 0.29) is 23.8 Å². The number of nitrogens with two attached hydrogens (primary N) is 1. The summed E-state index contributed by atoms with van der Waals surface area (Å²) in [7, 11) is -3.61. The fraction of sp³-hybridized carbons (Fsp3) is 0.188. The third-order valence-electron chi connectivity index (χ3n) is 3.12. The lowest BCUT2D eigenvalue weighted by atomic mass is 10.1. The van der Waals surface area contributed by atoms with Crippen LogP contribution in [0.1, 0.15) is 11.1 Å². The van der Waals surface area contributed by atoms with Crippen molar-refractivity contribution < 1.29 is 26.7 Å². The van der Waals surface area contributed by atoms with Crippen LogP contribution in [0.25, 0.3) is 0 Å². The number of primary sulfonamides is 1. The quantitative estimate of drug-likeness (QED) is 0.781. The smallest absolute Gasteiger partial charge is 0.387 e. The van der Waals surface area contributed by atoms with Gasteiger partial charge in [0, 0.05) is 5.69 Å². The number of anilines is 1. The number of alkyl halides is 2. The Labute approximate surface area is 143 Å². The number of hydrogen-bond acceptors (Lipinski definition) is 4. The molecule has 6 nitrogen and oxygen atoms in total. The molecule has 0 unspecified atom stereocenters. The molecule has 25 heavy (non-hydrogen) atoms. The Hall–Kier alpha value is -2.52. The van der Waals surface area contributed by atoms with Gasteiger partial charge in [0.2, 0.25) is 15.9 Å². The van der Waals surface area contributed by atoms with Crippen LogP contribution >= 0.6 is 0 Å². The third kappa shape index (κ3) is 6.86. The molecule has 0 radical (unpaired) electrons. The summed E-state index contributed by atoms with van der Waals surface area (Å²) in [6.07, 6.45) is 0.0495. The van der Waals surface area contributed by atoms with Crippen molar-refractivity contribution >= 4 is 21.6 Å². The fourth-order valence-corrected chi connectivity index (χ4v) is 2.75. The maximum atomic E-state index is 12.1. The molecule has 0 aromatic heterocycles. The van der Waals surface area contributed by atoms with E-state index < -0.39 is 16.6 Å². The Morgan fingerprint density at radius 1 is 1.04 bits per heavy atom. The predicted octanol–water partition coefficient (Wildman–Crippen LogP) is 2.26. The van der Waals surface area contributed by atoms with Gasteiger partial charge in [0.25, 0.3) is 0 Å². The van der Waals surface area contributed by atoms with Crippen LogP contribution in [0.5, 0.6) is 5.75 Å². The summed E-state index contributed by atoms with van der Waals surface area (Å²) >= 11 is 0. The summed E-state index contributed by atoms with van der Waals surface area (Å²) in [5, 5.41) is 7.62. The second-order valence-corrected chi connectivity index (χ2v) is 6.87. The Kier molecular flexibility index (Phi) is 6.05. The van der Waals surface area contributed by atoms with Crippen molar-refractivity contribution in [2.75, 3.05) is 5.32 Å². The van der Waals surface area contributed by atoms with Crippen molar-refractivity contribution in [2.24, 2.45) is 5.14 Å². The standard InChI is InChI=1S/C16H16F2N2O4S/c17-16(18)24-14-7-3-11(4-8-14)9-15(21)20-13-5-1-12(2-6-13)10-25(19,22)23/h1-8,16H,9-10H2,(H,20,21)(H2,19,22,23). The van der Waals surface area contributed by atoms with Crippen LogP contribution in [0.15, 0.2) is 48.5 Å². The molecule has 0 bridgehead atoms. The van der Waals surface area contributed by atoms with Crippen LogP contribution in [0.3, 0.4) is 0 Å². The normalized spacial score (nSPS) is 11.4. The molecular weight excluding hydrogens is 354 g/mol. The Morgan fingerprint density at radius 3 is 2.12 bits per heavy atom. The molecule has 1 amide bonds. The van der Waals surface area contributed by atoms with Crippen molar-refractivity contribution in [2.45, 2.75) is 18.8 Å². The second kappa shape index (κ2) is 8.04. The van der Waals surface area contributed by atoms with Crippen molar-refractivity contribution in [1.82, 2.24) is 0 Å². The average molecular weight is 370 g/mol. The van der Waals surface area contributed by atoms with Gasteiger partial charge in [0.15, 0.2) is 0 Å². The van der Waals surface area contributed by atoms with Crippen molar-refractivity contribution in [3.63, 3.8) is 0 Å². The molecule has 0 saturated carbocycles. The first kappa shape index (κ1) is 18.8. The van der Waals surface area contributed by atoms with Gasteiger partial charge in [0.05, 0.1) is 12.2 Å². The summed E-state index contributed by atoms with van der Waals surface area (Å²) in [5.41, 5.74) is 1.64. The molecule has 0 atom stereocenters. The molecule has 0 aliphatic heterocycles. The first-order valence-corrected chi connectivity index (χ1v) is 8.86. The molecule has 9 heteroatoms. The van der Waals surface area contributed by atoms with Gasteiger partial charge in [-0.05, 0) is 35.4 Å². The largest absolute Gasteiger partial charge is 0.435 e. The van der Waals surface area contributed by atoms with Gasteiger partial charge in [-0.2, -0.15) is 8.78 Å². The summed E-state index contributed by atoms with van der Waals surface area (Å²) in [5.74, 6) is -0.569. The Balaban J connectivity index is 1.91. The molecule has 2 aromatic rings. The van der Waals surface area contributed by atoms with Crippen LogP contribution in [0.2, 0.25) is 0 Å². The number of ether oxygens (including phenoxy) is 1. The van der Waals surface area contributed by atoms with Crippen LogP contribution < -0.4 is 15.2 Å². The van der Waals surface area contributed by atoms with Crippen LogP contribution in [0, 0.1) is 0 Å². The lowest BCUT2D eigenvalue weighted by molar-refractivity contribution is -0.115. The minimum atomic E-state index is -3.61. The Bertz CT molecular complexity index is 822. The molecule has 2 aromatic carbocycles. The van der Waals surface area contributed by atoms with E-state index in [0.29, 0.717) is 16.8 Å².